The van der Waals surface area contributed by atoms with Gasteiger partial charge in [-0.3, -0.25) is 0 Å². The summed E-state index contributed by atoms with van der Waals surface area (Å²) in [6.07, 6.45) is 12.4. The minimum absolute atomic E-state index is 0.513. The minimum Gasteiger partial charge on any atom is -0.454 e. The summed E-state index contributed by atoms with van der Waals surface area (Å²) in [6.45, 7) is 4.62. The van der Waals surface area contributed by atoms with E-state index < -0.39 is 5.41 Å². The minimum atomic E-state index is -0.513. The second-order valence-electron chi connectivity index (χ2n) is 18.7. The summed E-state index contributed by atoms with van der Waals surface area (Å²) in [5.74, 6) is 0. The van der Waals surface area contributed by atoms with Crippen molar-refractivity contribution >= 4 is 61.7 Å². The van der Waals surface area contributed by atoms with Crippen LogP contribution in [0.2, 0.25) is 0 Å². The number of furan rings is 1. The highest BCUT2D eigenvalue weighted by molar-refractivity contribution is 7.22. The Morgan fingerprint density at radius 3 is 1.66 bits per heavy atom. The molecule has 1 spiro atoms. The molecule has 0 fully saturated rings. The topological polar surface area (TPSA) is 16.4 Å². The van der Waals surface area contributed by atoms with Gasteiger partial charge in [0.25, 0.3) is 0 Å². The first kappa shape index (κ1) is 41.9. The number of unbranched alkanes of at least 4 members (excludes halogenated alkanes) is 6. The van der Waals surface area contributed by atoms with Gasteiger partial charge in [-0.1, -0.05) is 174 Å². The second-order valence-corrected chi connectivity index (χ2v) is 20.9. The molecule has 4 heterocycles. The lowest BCUT2D eigenvalue weighted by Crippen LogP contribution is -2.36. The van der Waals surface area contributed by atoms with E-state index in [9.17, 15) is 0 Å². The van der Waals surface area contributed by atoms with Crippen molar-refractivity contribution in [2.75, 3.05) is 4.90 Å². The monoisotopic (exact) mass is 905 g/mol. The molecule has 0 amide bonds. The maximum Gasteiger partial charge on any atom is 0.159 e. The van der Waals surface area contributed by atoms with Gasteiger partial charge in [0.15, 0.2) is 5.58 Å². The van der Waals surface area contributed by atoms with Gasteiger partial charge in [-0.25, -0.2) is 0 Å². The molecule has 330 valence electrons. The predicted octanol–water partition coefficient (Wildman–Crippen LogP) is 19.1. The van der Waals surface area contributed by atoms with Crippen LogP contribution in [0.1, 0.15) is 97.2 Å². The Morgan fingerprint density at radius 1 is 0.433 bits per heavy atom. The molecule has 7 aromatic carbocycles. The highest BCUT2D eigenvalue weighted by Crippen LogP contribution is 2.67. The van der Waals surface area contributed by atoms with Crippen LogP contribution in [-0.4, -0.2) is 0 Å². The zero-order valence-electron chi connectivity index (χ0n) is 38.5. The van der Waals surface area contributed by atoms with Gasteiger partial charge in [-0.2, -0.15) is 0 Å². The van der Waals surface area contributed by atoms with Gasteiger partial charge in [0.05, 0.1) is 16.8 Å². The number of thiophene rings is 2. The Kier molecular flexibility index (Phi) is 11.0. The van der Waals surface area contributed by atoms with E-state index in [1.165, 1.54) is 132 Å². The van der Waals surface area contributed by atoms with E-state index in [0.717, 1.165) is 46.2 Å². The van der Waals surface area contributed by atoms with Gasteiger partial charge < -0.3 is 9.32 Å². The predicted molar refractivity (Wildman–Crippen MR) is 287 cm³/mol. The molecule has 12 rings (SSSR count). The van der Waals surface area contributed by atoms with Crippen molar-refractivity contribution in [3.05, 3.63) is 208 Å². The third kappa shape index (κ3) is 7.11. The molecular formula is C63H55NOS2. The molecule has 0 unspecified atom stereocenters. The zero-order chi connectivity index (χ0) is 44.9. The maximum absolute atomic E-state index is 7.22. The first-order valence-corrected chi connectivity index (χ1v) is 26.2. The number of anilines is 3. The number of hydrogen-bond donors (Lipinski definition) is 0. The van der Waals surface area contributed by atoms with Gasteiger partial charge in [-0.15, -0.1) is 22.7 Å². The summed E-state index contributed by atoms with van der Waals surface area (Å²) < 4.78 is 7.22. The fourth-order valence-electron chi connectivity index (χ4n) is 11.2. The fourth-order valence-corrected chi connectivity index (χ4v) is 13.9. The van der Waals surface area contributed by atoms with Crippen LogP contribution in [-0.2, 0) is 18.3 Å². The molecule has 2 aliphatic rings. The number of aryl methyl sites for hydroxylation is 2. The summed E-state index contributed by atoms with van der Waals surface area (Å²) in [5, 5.41) is 2.29. The van der Waals surface area contributed by atoms with Crippen molar-refractivity contribution in [2.45, 2.75) is 83.5 Å². The standard InChI is InChI=1S/C63H55NOS2/c1-3-5-7-15-28-49-40-55-61(66-49)62-56(41-50(67-62)29-16-8-6-4-2)63(55)53-31-18-19-32-57(53)64(59-54(63)35-34-52-51-30-17-20-33-58(51)65-60(52)59)48-38-46(43-24-13-10-14-25-43)37-47(39-48)45-27-21-26-44(36-45)42-22-11-9-12-23-42/h9-14,17-27,30-41H,3-8,15-16,28-29H2,1-2H3. The molecule has 1 aliphatic carbocycles. The van der Waals surface area contributed by atoms with Gasteiger partial charge in [-0.05, 0) is 136 Å². The van der Waals surface area contributed by atoms with Crippen LogP contribution < -0.4 is 4.90 Å². The maximum atomic E-state index is 7.22. The van der Waals surface area contributed by atoms with E-state index in [-0.39, 0.29) is 0 Å². The molecule has 0 bridgehead atoms. The Bertz CT molecular complexity index is 3350. The molecule has 0 saturated heterocycles. The first-order chi connectivity index (χ1) is 33.1. The van der Waals surface area contributed by atoms with Crippen molar-refractivity contribution < 1.29 is 4.42 Å². The lowest BCUT2D eigenvalue weighted by Gasteiger charge is -2.44. The third-order valence-corrected chi connectivity index (χ3v) is 17.0. The van der Waals surface area contributed by atoms with Crippen LogP contribution in [0, 0.1) is 0 Å². The quantitative estimate of drug-likeness (QED) is 0.101. The van der Waals surface area contributed by atoms with Crippen molar-refractivity contribution in [3.8, 4) is 43.1 Å². The highest BCUT2D eigenvalue weighted by atomic mass is 32.1. The van der Waals surface area contributed by atoms with E-state index >= 15 is 0 Å². The van der Waals surface area contributed by atoms with E-state index in [4.69, 9.17) is 4.42 Å². The number of para-hydroxylation sites is 2. The smallest absolute Gasteiger partial charge is 0.159 e. The molecule has 67 heavy (non-hydrogen) atoms. The van der Waals surface area contributed by atoms with Gasteiger partial charge in [0.2, 0.25) is 0 Å². The SMILES string of the molecule is CCCCCCc1cc2c(s1)-c1sc(CCCCCC)cc1C21c2ccccc2N(c2cc(-c3ccccc3)cc(-c3cccc(-c4ccccc4)c3)c2)c2c1ccc1c2oc2ccccc21. The van der Waals surface area contributed by atoms with Crippen molar-refractivity contribution in [3.63, 3.8) is 0 Å². The number of benzene rings is 7. The summed E-state index contributed by atoms with van der Waals surface area (Å²) in [6, 6.07) is 65.9. The lowest BCUT2D eigenvalue weighted by molar-refractivity contribution is 0.662. The number of rotatable bonds is 14. The number of fused-ring (bicyclic) bond motifs is 13. The Hall–Kier alpha value is -6.46. The third-order valence-electron chi connectivity index (χ3n) is 14.4. The van der Waals surface area contributed by atoms with Crippen LogP contribution in [0.25, 0.3) is 65.1 Å². The van der Waals surface area contributed by atoms with Crippen LogP contribution in [0.3, 0.4) is 0 Å². The van der Waals surface area contributed by atoms with Crippen molar-refractivity contribution in [2.24, 2.45) is 0 Å². The normalized spacial score (nSPS) is 13.3. The average Bonchev–Trinajstić information content (AvgIpc) is 4.16. The average molecular weight is 906 g/mol. The molecule has 0 saturated carbocycles. The van der Waals surface area contributed by atoms with E-state index in [1.54, 1.807) is 0 Å². The molecule has 3 aromatic heterocycles. The Balaban J connectivity index is 1.13. The van der Waals surface area contributed by atoms with Gasteiger partial charge in [0.1, 0.15) is 5.58 Å². The Labute approximate surface area is 403 Å². The van der Waals surface area contributed by atoms with Crippen molar-refractivity contribution in [1.29, 1.82) is 0 Å². The number of nitrogens with zero attached hydrogens (tertiary/aromatic N) is 1. The molecule has 0 N–H and O–H groups in total. The second kappa shape index (κ2) is 17.6. The molecular weight excluding hydrogens is 851 g/mol. The Morgan fingerprint density at radius 2 is 0.985 bits per heavy atom. The van der Waals surface area contributed by atoms with E-state index in [2.05, 4.69) is 217 Å². The highest BCUT2D eigenvalue weighted by Gasteiger charge is 2.54. The largest absolute Gasteiger partial charge is 0.454 e. The van der Waals surface area contributed by atoms with Gasteiger partial charge >= 0.3 is 0 Å². The molecule has 1 aliphatic heterocycles. The lowest BCUT2D eigenvalue weighted by atomic mass is 9.65. The molecule has 0 atom stereocenters. The molecule has 2 nitrogen and oxygen atoms in total. The van der Waals surface area contributed by atoms with Crippen LogP contribution in [0.4, 0.5) is 17.1 Å². The summed E-state index contributed by atoms with van der Waals surface area (Å²) >= 11 is 4.12. The number of hydrogen-bond acceptors (Lipinski definition) is 4. The zero-order valence-corrected chi connectivity index (χ0v) is 40.1. The summed E-state index contributed by atoms with van der Waals surface area (Å²) in [4.78, 5) is 8.51. The van der Waals surface area contributed by atoms with Crippen LogP contribution in [0.15, 0.2) is 180 Å². The molecule has 4 heteroatoms. The van der Waals surface area contributed by atoms with E-state index in [1.807, 2.05) is 0 Å². The van der Waals surface area contributed by atoms with Crippen LogP contribution in [0.5, 0.6) is 0 Å². The summed E-state index contributed by atoms with van der Waals surface area (Å²) in [7, 11) is 0. The molecule has 10 aromatic rings. The molecule has 0 radical (unpaired) electrons. The van der Waals surface area contributed by atoms with E-state index in [0.29, 0.717) is 0 Å². The first-order valence-electron chi connectivity index (χ1n) is 24.6. The summed E-state index contributed by atoms with van der Waals surface area (Å²) in [5.41, 5.74) is 17.4. The van der Waals surface area contributed by atoms with Gasteiger partial charge in [0, 0.05) is 36.0 Å². The van der Waals surface area contributed by atoms with Crippen molar-refractivity contribution in [1.82, 2.24) is 0 Å². The van der Waals surface area contributed by atoms with Crippen LogP contribution >= 0.6 is 22.7 Å². The fraction of sp³-hybridized carbons (Fsp3) is 0.206.